The van der Waals surface area contributed by atoms with Crippen molar-refractivity contribution in [2.24, 2.45) is 0 Å². The van der Waals surface area contributed by atoms with Crippen LogP contribution in [0.15, 0.2) is 101 Å². The molecule has 0 saturated heterocycles. The van der Waals surface area contributed by atoms with Crippen LogP contribution in [0.4, 0.5) is 0 Å². The van der Waals surface area contributed by atoms with Gasteiger partial charge >= 0.3 is 0 Å². The van der Waals surface area contributed by atoms with E-state index in [0.29, 0.717) is 41.5 Å². The van der Waals surface area contributed by atoms with Gasteiger partial charge in [0.15, 0.2) is 46.0 Å². The Labute approximate surface area is 510 Å². The minimum atomic E-state index is -1.39. The first-order valence-corrected chi connectivity index (χ1v) is 26.0. The lowest BCUT2D eigenvalue weighted by molar-refractivity contribution is 0.384. The van der Waals surface area contributed by atoms with E-state index in [4.69, 9.17) is 71.5 Å². The quantitative estimate of drug-likeness (QED) is 0.0660. The fraction of sp³-hybridized carbons (Fsp3) is 0.259. The van der Waals surface area contributed by atoms with E-state index in [9.17, 15) is 101 Å². The summed E-state index contributed by atoms with van der Waals surface area (Å²) >= 11 is 0. The second-order valence-electron chi connectivity index (χ2n) is 18.6. The number of aromatic hydroxyl groups is 14. The number of hydrogen-bond acceptors (Lipinski definition) is 35. The Hall–Kier alpha value is -12.6. The summed E-state index contributed by atoms with van der Waals surface area (Å²) in [5.41, 5.74) is -15.0. The van der Waals surface area contributed by atoms with Gasteiger partial charge in [-0.3, -0.25) is 101 Å². The van der Waals surface area contributed by atoms with Gasteiger partial charge in [0.05, 0.1) is 0 Å². The predicted molar refractivity (Wildman–Crippen MR) is 322 cm³/mol. The molecule has 0 aliphatic heterocycles. The van der Waals surface area contributed by atoms with Crippen LogP contribution in [-0.2, 0) is 32.1 Å². The molecule has 11 aromatic carbocycles. The largest absolute Gasteiger partial charge is 0.504 e. The Kier molecular flexibility index (Phi) is 27.0. The molecule has 14 N–H and O–H groups in total. The Morgan fingerprint density at radius 1 is 0.172 bits per heavy atom. The van der Waals surface area contributed by atoms with Crippen LogP contribution in [0.5, 0.6) is 80.5 Å². The molecule has 0 aromatic heterocycles. The molecule has 0 bridgehead atoms. The minimum absolute atomic E-state index is 0.00634. The normalized spacial score (nSPS) is 10.2. The summed E-state index contributed by atoms with van der Waals surface area (Å²) in [5, 5.41) is 118. The van der Waals surface area contributed by atoms with Crippen molar-refractivity contribution in [1.29, 1.82) is 0 Å². The highest BCUT2D eigenvalue weighted by Crippen LogP contribution is 2.24. The molecule has 0 saturated carbocycles. The van der Waals surface area contributed by atoms with Gasteiger partial charge in [0.2, 0.25) is 77.9 Å². The summed E-state index contributed by atoms with van der Waals surface area (Å²) < 4.78 is 0. The van der Waals surface area contributed by atoms with Crippen LogP contribution in [0, 0.1) is 20.8 Å². The first-order valence-electron chi connectivity index (χ1n) is 26.0. The van der Waals surface area contributed by atoms with Gasteiger partial charge in [-0.15, -0.1) is 0 Å². The maximum Gasteiger partial charge on any atom is 0.280 e. The third-order valence-corrected chi connectivity index (χ3v) is 12.4. The zero-order chi connectivity index (χ0) is 72.8. The van der Waals surface area contributed by atoms with E-state index in [0.717, 1.165) is 19.3 Å². The Morgan fingerprint density at radius 3 is 0.430 bits per heavy atom. The van der Waals surface area contributed by atoms with Gasteiger partial charge in [0.25, 0.3) is 70.6 Å². The van der Waals surface area contributed by atoms with Crippen molar-refractivity contribution >= 4 is 0 Å². The summed E-state index contributed by atoms with van der Waals surface area (Å²) in [6, 6.07) is 0. The second kappa shape index (κ2) is 32.1. The first-order chi connectivity index (χ1) is 42.8. The summed E-state index contributed by atoms with van der Waals surface area (Å²) in [7, 11) is 0. The molecule has 35 nitrogen and oxygen atoms in total. The van der Waals surface area contributed by atoms with Crippen molar-refractivity contribution in [2.45, 2.75) is 100 Å². The van der Waals surface area contributed by atoms with Gasteiger partial charge in [0.1, 0.15) is 0 Å². The molecule has 11 rings (SSSR count). The molecule has 494 valence electrons. The predicted octanol–water partition coefficient (Wildman–Crippen LogP) is -6.86. The molecular formula is C58H52O35. The lowest BCUT2D eigenvalue weighted by atomic mass is 10.0. The van der Waals surface area contributed by atoms with E-state index in [-0.39, 0.29) is 79.5 Å². The van der Waals surface area contributed by atoms with Crippen molar-refractivity contribution in [2.75, 3.05) is 0 Å². The van der Waals surface area contributed by atoms with Crippen LogP contribution in [0.3, 0.4) is 0 Å². The third kappa shape index (κ3) is 17.8. The van der Waals surface area contributed by atoms with Crippen LogP contribution < -0.4 is 114 Å². The molecule has 0 aliphatic carbocycles. The van der Waals surface area contributed by atoms with Gasteiger partial charge in [-0.25, -0.2) is 0 Å². The van der Waals surface area contributed by atoms with Gasteiger partial charge in [0, 0.05) is 44.5 Å². The molecule has 0 fully saturated rings. The van der Waals surface area contributed by atoms with E-state index in [1.165, 1.54) is 13.8 Å². The molecule has 0 aliphatic rings. The molecule has 0 spiro atoms. The smallest absolute Gasteiger partial charge is 0.280 e. The van der Waals surface area contributed by atoms with Gasteiger partial charge in [-0.2, -0.15) is 0 Å². The first kappa shape index (κ1) is 78.4. The topological polar surface area (TPSA) is 642 Å². The molecule has 0 unspecified atom stereocenters. The lowest BCUT2D eigenvalue weighted by Crippen LogP contribution is -2.34. The monoisotopic (exact) mass is 1310 g/mol. The summed E-state index contributed by atoms with van der Waals surface area (Å²) in [6.45, 7) is 13.3. The second-order valence-corrected chi connectivity index (χ2v) is 18.6. The van der Waals surface area contributed by atoms with Crippen molar-refractivity contribution in [3.8, 4) is 80.5 Å². The number of hydrogen-bond donors (Lipinski definition) is 14. The zero-order valence-electron chi connectivity index (χ0n) is 49.3. The maximum absolute atomic E-state index is 10.8. The summed E-state index contributed by atoms with van der Waals surface area (Å²) in [4.78, 5) is 216. The maximum atomic E-state index is 10.8. The Balaban J connectivity index is 0.000000514. The van der Waals surface area contributed by atoms with Crippen molar-refractivity contribution in [3.05, 3.63) is 259 Å². The zero-order valence-corrected chi connectivity index (χ0v) is 49.3. The fourth-order valence-electron chi connectivity index (χ4n) is 6.24. The highest BCUT2D eigenvalue weighted by Gasteiger charge is 2.23. The van der Waals surface area contributed by atoms with Gasteiger partial charge in [-0.05, 0) is 52.9 Å². The van der Waals surface area contributed by atoms with Crippen molar-refractivity contribution in [3.63, 3.8) is 0 Å². The van der Waals surface area contributed by atoms with Crippen LogP contribution in [-0.4, -0.2) is 71.5 Å². The van der Waals surface area contributed by atoms with Gasteiger partial charge < -0.3 is 71.5 Å². The fourth-order valence-corrected chi connectivity index (χ4v) is 6.24. The Morgan fingerprint density at radius 2 is 0.333 bits per heavy atom. The van der Waals surface area contributed by atoms with Crippen molar-refractivity contribution < 1.29 is 71.5 Å². The van der Waals surface area contributed by atoms with Gasteiger partial charge in [-0.1, -0.05) is 47.5 Å². The van der Waals surface area contributed by atoms with Crippen molar-refractivity contribution in [1.82, 2.24) is 0 Å². The van der Waals surface area contributed by atoms with Crippen LogP contribution in [0.25, 0.3) is 0 Å². The highest BCUT2D eigenvalue weighted by molar-refractivity contribution is 5.51. The van der Waals surface area contributed by atoms with E-state index in [1.807, 2.05) is 20.8 Å². The number of rotatable bonds is 7. The van der Waals surface area contributed by atoms with E-state index in [1.54, 1.807) is 20.8 Å². The Bertz CT molecular complexity index is 4990. The van der Waals surface area contributed by atoms with Crippen LogP contribution in [0.2, 0.25) is 0 Å². The summed E-state index contributed by atoms with van der Waals surface area (Å²) in [5.74, 6) is -7.44. The van der Waals surface area contributed by atoms with E-state index in [2.05, 4.69) is 0 Å². The minimum Gasteiger partial charge on any atom is -0.504 e. The standard InChI is InChI=1S/C7H6O4.C7H8O3.C6H4O4.C6H6O3.C6H8O2.C5H2O5.C5H4O3.C5H6O2.C4H2O4.C4H4O2.C3H2O3/c1-2-3-4(8)6(10)7(11)5(3)9;1-2-3-4-5(8)7(10)6(4)9;1-2-3(7)5(9)6(10)4(2)8;1-2-3-4(7)6(9)5(3)8;1-2-3-4-5(7)6(4)8;6-1-2(7)4(9)5(10)3(1)8;1-2-3(6)5(8)4(2)7;1-2-3-4(6)5(3)7;5-1-2(6)4(8)3(1)7;1-2-3(5)4(2)6;4-1-2(5)3(1)6/h8H,2H2,1H3;8H,2-3H2,1H3;7H,1H3;7H,2H2,1H3;7H,2-3H2,1H3;6-7H;6H,1H3;6H,2H2,1H3;5-6H;5H,1H3;4-5H. The molecule has 0 radical (unpaired) electrons. The van der Waals surface area contributed by atoms with E-state index < -0.39 is 144 Å². The molecule has 11 aromatic rings. The van der Waals surface area contributed by atoms with E-state index >= 15 is 0 Å². The SMILES string of the molecule is CCCc1c(O)c(=O)c1=O.CCCc1c(O)c1=O.CCc1c(O)c(=O)c(=O)c1=O.CCc1c(O)c(=O)c1=O.CCc1c(O)c1=O.Cc1c(O)c(=O)c(=O)c1=O.Cc1c(O)c(=O)c1=O.Cc1c(O)c1=O.O=c1c(O)c(O)c(=O)c1=O.O=c1c(O)c(O)c1=O.O=c1c(O)c1O. The van der Waals surface area contributed by atoms with Crippen LogP contribution >= 0.6 is 0 Å². The molecule has 35 heteroatoms. The average Bonchev–Trinajstić information content (AvgIpc) is 1.76. The highest BCUT2D eigenvalue weighted by atomic mass is 16.3. The molecule has 0 amide bonds. The third-order valence-electron chi connectivity index (χ3n) is 12.4. The molecule has 93 heavy (non-hydrogen) atoms. The lowest BCUT2D eigenvalue weighted by Gasteiger charge is -2.01. The molecular weight excluding hydrogens is 1260 g/mol. The summed E-state index contributed by atoms with van der Waals surface area (Å²) in [6.07, 6.45) is 4.29. The molecule has 0 atom stereocenters. The molecule has 0 heterocycles. The average molecular weight is 1310 g/mol. The van der Waals surface area contributed by atoms with Crippen LogP contribution in [0.1, 0.15) is 92.0 Å².